The highest BCUT2D eigenvalue weighted by Gasteiger charge is 2.41. The summed E-state index contributed by atoms with van der Waals surface area (Å²) in [5, 5.41) is 0. The highest BCUT2D eigenvalue weighted by atomic mass is 16.2. The number of hydrogen-bond donors (Lipinski definition) is 1. The molecule has 0 aromatic carbocycles. The predicted octanol–water partition coefficient (Wildman–Crippen LogP) is 1.69. The van der Waals surface area contributed by atoms with Crippen LogP contribution in [0.5, 0.6) is 0 Å². The number of hydrogen-bond acceptors (Lipinski definition) is 3. The molecule has 1 heterocycles. The number of nitrogens with zero attached hydrogens (tertiary/aromatic N) is 2. The maximum Gasteiger partial charge on any atom is 0.226 e. The Labute approximate surface area is 123 Å². The Kier molecular flexibility index (Phi) is 5.08. The molecule has 2 N–H and O–H groups in total. The van der Waals surface area contributed by atoms with Crippen molar-refractivity contribution >= 4 is 5.91 Å². The number of piperazine rings is 1. The van der Waals surface area contributed by atoms with E-state index in [0.29, 0.717) is 11.9 Å². The molecular formula is C16H31N3O. The van der Waals surface area contributed by atoms with E-state index in [1.807, 2.05) is 0 Å². The molecule has 0 aromatic rings. The minimum atomic E-state index is 0.192. The lowest BCUT2D eigenvalue weighted by Gasteiger charge is -2.40. The van der Waals surface area contributed by atoms with Gasteiger partial charge < -0.3 is 10.6 Å². The van der Waals surface area contributed by atoms with E-state index in [0.717, 1.165) is 45.6 Å². The molecule has 1 amide bonds. The van der Waals surface area contributed by atoms with Crippen LogP contribution in [0.15, 0.2) is 0 Å². The van der Waals surface area contributed by atoms with Gasteiger partial charge in [0.15, 0.2) is 0 Å². The molecule has 2 rings (SSSR count). The van der Waals surface area contributed by atoms with Crippen molar-refractivity contribution in [2.24, 2.45) is 17.1 Å². The molecule has 2 fully saturated rings. The van der Waals surface area contributed by atoms with Gasteiger partial charge >= 0.3 is 0 Å². The second kappa shape index (κ2) is 6.44. The SMILES string of the molecule is CCC(CN)N1CCN(C(=O)C2CCCC2(C)C)CC1. The molecule has 2 atom stereocenters. The Morgan fingerprint density at radius 1 is 1.30 bits per heavy atom. The van der Waals surface area contributed by atoms with E-state index >= 15 is 0 Å². The van der Waals surface area contributed by atoms with Gasteiger partial charge in [0.25, 0.3) is 0 Å². The molecule has 2 unspecified atom stereocenters. The predicted molar refractivity (Wildman–Crippen MR) is 82.4 cm³/mol. The van der Waals surface area contributed by atoms with Crippen molar-refractivity contribution in [2.75, 3.05) is 32.7 Å². The first kappa shape index (κ1) is 15.8. The van der Waals surface area contributed by atoms with Gasteiger partial charge in [0.1, 0.15) is 0 Å². The molecule has 4 nitrogen and oxygen atoms in total. The molecule has 20 heavy (non-hydrogen) atoms. The van der Waals surface area contributed by atoms with Crippen molar-refractivity contribution in [3.8, 4) is 0 Å². The van der Waals surface area contributed by atoms with Crippen LogP contribution in [0.1, 0.15) is 46.5 Å². The summed E-state index contributed by atoms with van der Waals surface area (Å²) < 4.78 is 0. The van der Waals surface area contributed by atoms with E-state index in [1.54, 1.807) is 0 Å². The lowest BCUT2D eigenvalue weighted by atomic mass is 9.81. The molecule has 116 valence electrons. The zero-order valence-electron chi connectivity index (χ0n) is 13.4. The number of carbonyl (C=O) groups is 1. The van der Waals surface area contributed by atoms with Crippen LogP contribution >= 0.6 is 0 Å². The zero-order chi connectivity index (χ0) is 14.8. The van der Waals surface area contributed by atoms with Crippen molar-refractivity contribution in [3.05, 3.63) is 0 Å². The molecule has 4 heteroatoms. The third-order valence-electron chi connectivity index (χ3n) is 5.44. The third kappa shape index (κ3) is 3.17. The summed E-state index contributed by atoms with van der Waals surface area (Å²) in [6.07, 6.45) is 4.56. The largest absolute Gasteiger partial charge is 0.340 e. The topological polar surface area (TPSA) is 49.6 Å². The lowest BCUT2D eigenvalue weighted by molar-refractivity contribution is -0.140. The van der Waals surface area contributed by atoms with Gasteiger partial charge in [0.05, 0.1) is 0 Å². The monoisotopic (exact) mass is 281 g/mol. The lowest BCUT2D eigenvalue weighted by Crippen LogP contribution is -2.55. The van der Waals surface area contributed by atoms with Crippen LogP contribution in [0.4, 0.5) is 0 Å². The molecule has 1 saturated heterocycles. The van der Waals surface area contributed by atoms with Crippen LogP contribution in [0, 0.1) is 11.3 Å². The van der Waals surface area contributed by atoms with E-state index in [1.165, 1.54) is 12.8 Å². The summed E-state index contributed by atoms with van der Waals surface area (Å²) in [5.74, 6) is 0.637. The van der Waals surface area contributed by atoms with Gasteiger partial charge in [-0.25, -0.2) is 0 Å². The van der Waals surface area contributed by atoms with Crippen molar-refractivity contribution in [1.29, 1.82) is 0 Å². The summed E-state index contributed by atoms with van der Waals surface area (Å²) in [5.41, 5.74) is 6.01. The third-order valence-corrected chi connectivity index (χ3v) is 5.44. The number of carbonyl (C=O) groups excluding carboxylic acids is 1. The van der Waals surface area contributed by atoms with E-state index in [4.69, 9.17) is 5.73 Å². The Balaban J connectivity index is 1.89. The fourth-order valence-corrected chi connectivity index (χ4v) is 3.89. The molecule has 0 radical (unpaired) electrons. The molecule has 0 spiro atoms. The Hall–Kier alpha value is -0.610. The molecule has 0 bridgehead atoms. The van der Waals surface area contributed by atoms with Crippen LogP contribution < -0.4 is 5.73 Å². The minimum absolute atomic E-state index is 0.192. The quantitative estimate of drug-likeness (QED) is 0.853. The number of nitrogens with two attached hydrogens (primary N) is 1. The van der Waals surface area contributed by atoms with Gasteiger partial charge in [0, 0.05) is 44.7 Å². The van der Waals surface area contributed by atoms with Gasteiger partial charge in [-0.2, -0.15) is 0 Å². The maximum absolute atomic E-state index is 12.7. The summed E-state index contributed by atoms with van der Waals surface area (Å²) in [4.78, 5) is 17.3. The van der Waals surface area contributed by atoms with Gasteiger partial charge in [0.2, 0.25) is 5.91 Å². The summed E-state index contributed by atoms with van der Waals surface area (Å²) in [7, 11) is 0. The zero-order valence-corrected chi connectivity index (χ0v) is 13.4. The fraction of sp³-hybridized carbons (Fsp3) is 0.938. The van der Waals surface area contributed by atoms with E-state index in [-0.39, 0.29) is 11.3 Å². The first-order valence-electron chi connectivity index (χ1n) is 8.22. The van der Waals surface area contributed by atoms with E-state index in [2.05, 4.69) is 30.6 Å². The van der Waals surface area contributed by atoms with Gasteiger partial charge in [-0.05, 0) is 24.7 Å². The fourth-order valence-electron chi connectivity index (χ4n) is 3.89. The molecular weight excluding hydrogens is 250 g/mol. The average Bonchev–Trinajstić information content (AvgIpc) is 2.80. The van der Waals surface area contributed by atoms with Crippen LogP contribution in [0.3, 0.4) is 0 Å². The number of rotatable bonds is 4. The second-order valence-corrected chi connectivity index (χ2v) is 7.09. The Morgan fingerprint density at radius 3 is 2.40 bits per heavy atom. The van der Waals surface area contributed by atoms with Gasteiger partial charge in [-0.15, -0.1) is 0 Å². The standard InChI is InChI=1S/C16H31N3O/c1-4-13(12-17)18-8-10-19(11-9-18)15(20)14-6-5-7-16(14,2)3/h13-14H,4-12,17H2,1-3H3. The first-order valence-corrected chi connectivity index (χ1v) is 8.22. The van der Waals surface area contributed by atoms with Crippen LogP contribution in [-0.2, 0) is 4.79 Å². The smallest absolute Gasteiger partial charge is 0.226 e. The summed E-state index contributed by atoms with van der Waals surface area (Å²) in [6.45, 7) is 11.1. The average molecular weight is 281 g/mol. The molecule has 1 saturated carbocycles. The molecule has 0 aromatic heterocycles. The van der Waals surface area contributed by atoms with E-state index < -0.39 is 0 Å². The summed E-state index contributed by atoms with van der Waals surface area (Å²) >= 11 is 0. The maximum atomic E-state index is 12.7. The van der Waals surface area contributed by atoms with Gasteiger partial charge in [-0.1, -0.05) is 27.2 Å². The van der Waals surface area contributed by atoms with Crippen molar-refractivity contribution in [3.63, 3.8) is 0 Å². The Bertz CT molecular complexity index is 331. The van der Waals surface area contributed by atoms with E-state index in [9.17, 15) is 4.79 Å². The van der Waals surface area contributed by atoms with Crippen LogP contribution in [-0.4, -0.2) is 54.5 Å². The summed E-state index contributed by atoms with van der Waals surface area (Å²) in [6, 6.07) is 0.482. The van der Waals surface area contributed by atoms with Crippen LogP contribution in [0.25, 0.3) is 0 Å². The van der Waals surface area contributed by atoms with Crippen molar-refractivity contribution in [2.45, 2.75) is 52.5 Å². The molecule has 1 aliphatic heterocycles. The minimum Gasteiger partial charge on any atom is -0.340 e. The molecule has 1 aliphatic carbocycles. The van der Waals surface area contributed by atoms with Crippen molar-refractivity contribution < 1.29 is 4.79 Å². The van der Waals surface area contributed by atoms with Crippen LogP contribution in [0.2, 0.25) is 0 Å². The highest BCUT2D eigenvalue weighted by Crippen LogP contribution is 2.43. The Morgan fingerprint density at radius 2 is 1.95 bits per heavy atom. The van der Waals surface area contributed by atoms with Gasteiger partial charge in [-0.3, -0.25) is 9.69 Å². The highest BCUT2D eigenvalue weighted by molar-refractivity contribution is 5.80. The molecule has 2 aliphatic rings. The normalized spacial score (nSPS) is 28.6. The number of amides is 1. The first-order chi connectivity index (χ1) is 9.49. The van der Waals surface area contributed by atoms with Crippen molar-refractivity contribution in [1.82, 2.24) is 9.80 Å². The second-order valence-electron chi connectivity index (χ2n) is 7.09.